The van der Waals surface area contributed by atoms with E-state index in [4.69, 9.17) is 5.73 Å². The summed E-state index contributed by atoms with van der Waals surface area (Å²) in [6.07, 6.45) is 8.26. The predicted octanol–water partition coefficient (Wildman–Crippen LogP) is 1.09. The fourth-order valence-electron chi connectivity index (χ4n) is 4.43. The van der Waals surface area contributed by atoms with Crippen LogP contribution in [0.5, 0.6) is 0 Å². The summed E-state index contributed by atoms with van der Waals surface area (Å²) < 4.78 is 0. The third kappa shape index (κ3) is 5.75. The van der Waals surface area contributed by atoms with Gasteiger partial charge in [-0.15, -0.1) is 0 Å². The van der Waals surface area contributed by atoms with E-state index in [1.807, 2.05) is 12.4 Å². The Balaban J connectivity index is 1.46. The Labute approximate surface area is 167 Å². The van der Waals surface area contributed by atoms with E-state index in [9.17, 15) is 9.59 Å². The van der Waals surface area contributed by atoms with Crippen LogP contribution >= 0.6 is 0 Å². The largest absolute Gasteiger partial charge is 0.370 e. The van der Waals surface area contributed by atoms with Gasteiger partial charge < -0.3 is 10.6 Å². The van der Waals surface area contributed by atoms with Crippen molar-refractivity contribution in [2.75, 3.05) is 39.8 Å². The molecule has 1 aromatic rings. The molecule has 1 atom stereocenters. The van der Waals surface area contributed by atoms with Gasteiger partial charge in [-0.3, -0.25) is 24.4 Å². The Hall–Kier alpha value is -1.99. The second kappa shape index (κ2) is 9.98. The minimum Gasteiger partial charge on any atom is -0.370 e. The van der Waals surface area contributed by atoms with Crippen molar-refractivity contribution in [2.45, 2.75) is 44.7 Å². The first-order valence-electron chi connectivity index (χ1n) is 10.4. The Morgan fingerprint density at radius 2 is 1.89 bits per heavy atom. The van der Waals surface area contributed by atoms with Gasteiger partial charge in [-0.2, -0.15) is 0 Å². The number of aromatic nitrogens is 1. The topological polar surface area (TPSA) is 82.8 Å². The minimum atomic E-state index is -0.358. The van der Waals surface area contributed by atoms with Gasteiger partial charge in [0.15, 0.2) is 0 Å². The third-order valence-corrected chi connectivity index (χ3v) is 6.10. The number of pyridine rings is 1. The Morgan fingerprint density at radius 3 is 2.57 bits per heavy atom. The molecule has 7 heteroatoms. The summed E-state index contributed by atoms with van der Waals surface area (Å²) in [5.74, 6) is -0.161. The quantitative estimate of drug-likeness (QED) is 0.757. The van der Waals surface area contributed by atoms with Crippen LogP contribution in [-0.4, -0.2) is 77.3 Å². The number of hydrogen-bond donors (Lipinski definition) is 1. The van der Waals surface area contributed by atoms with Crippen molar-refractivity contribution in [3.05, 3.63) is 30.1 Å². The smallest absolute Gasteiger partial charge is 0.226 e. The molecule has 0 aromatic carbocycles. The van der Waals surface area contributed by atoms with Crippen molar-refractivity contribution in [2.24, 2.45) is 11.7 Å². The van der Waals surface area contributed by atoms with Crippen molar-refractivity contribution in [3.63, 3.8) is 0 Å². The highest BCUT2D eigenvalue weighted by Gasteiger charge is 2.32. The van der Waals surface area contributed by atoms with Gasteiger partial charge in [-0.25, -0.2) is 0 Å². The molecule has 2 amide bonds. The van der Waals surface area contributed by atoms with Crippen molar-refractivity contribution in [1.82, 2.24) is 19.7 Å². The standard InChI is InChI=1S/C21H33N5O2/c1-24(12-8-20(22)27)21(28)18-3-2-11-26(16-18)19-6-13-25(14-7-19)15-17-4-9-23-10-5-17/h4-5,9-10,18-19H,2-3,6-8,11-16H2,1H3,(H2,22,27). The lowest BCUT2D eigenvalue weighted by Gasteiger charge is -2.42. The molecule has 7 nitrogen and oxygen atoms in total. The number of amides is 2. The molecular formula is C21H33N5O2. The average Bonchev–Trinajstić information content (AvgIpc) is 2.73. The number of nitrogens with two attached hydrogens (primary N) is 1. The van der Waals surface area contributed by atoms with Gasteiger partial charge in [0.1, 0.15) is 0 Å². The number of likely N-dealkylation sites (tertiary alicyclic amines) is 2. The molecule has 2 fully saturated rings. The van der Waals surface area contributed by atoms with Gasteiger partial charge in [0, 0.05) is 51.5 Å². The van der Waals surface area contributed by atoms with E-state index in [0.29, 0.717) is 12.6 Å². The first-order chi connectivity index (χ1) is 13.5. The molecule has 2 aliphatic heterocycles. The van der Waals surface area contributed by atoms with Crippen LogP contribution in [0, 0.1) is 5.92 Å². The highest BCUT2D eigenvalue weighted by molar-refractivity contribution is 5.80. The van der Waals surface area contributed by atoms with Crippen LogP contribution in [0.3, 0.4) is 0 Å². The summed E-state index contributed by atoms with van der Waals surface area (Å²) >= 11 is 0. The minimum absolute atomic E-state index is 0.0430. The van der Waals surface area contributed by atoms with Crippen molar-refractivity contribution < 1.29 is 9.59 Å². The number of primary amides is 1. The highest BCUT2D eigenvalue weighted by Crippen LogP contribution is 2.25. The van der Waals surface area contributed by atoms with E-state index < -0.39 is 0 Å². The number of piperidine rings is 2. The molecule has 0 bridgehead atoms. The molecule has 3 heterocycles. The number of carbonyl (C=O) groups is 2. The maximum atomic E-state index is 12.7. The zero-order chi connectivity index (χ0) is 19.9. The van der Waals surface area contributed by atoms with Crippen LogP contribution in [0.25, 0.3) is 0 Å². The molecule has 2 saturated heterocycles. The average molecular weight is 388 g/mol. The summed E-state index contributed by atoms with van der Waals surface area (Å²) in [6, 6.07) is 4.74. The number of hydrogen-bond acceptors (Lipinski definition) is 5. The Bertz CT molecular complexity index is 645. The van der Waals surface area contributed by atoms with Gasteiger partial charge in [-0.1, -0.05) is 0 Å². The van der Waals surface area contributed by atoms with E-state index in [0.717, 1.165) is 58.4 Å². The molecule has 2 N–H and O–H groups in total. The maximum Gasteiger partial charge on any atom is 0.226 e. The van der Waals surface area contributed by atoms with Crippen LogP contribution in [0.4, 0.5) is 0 Å². The highest BCUT2D eigenvalue weighted by atomic mass is 16.2. The maximum absolute atomic E-state index is 12.7. The van der Waals surface area contributed by atoms with Crippen LogP contribution in [0.2, 0.25) is 0 Å². The Kier molecular flexibility index (Phi) is 7.39. The molecule has 1 aromatic heterocycles. The summed E-state index contributed by atoms with van der Waals surface area (Å²) in [6.45, 7) is 5.53. The first kappa shape index (κ1) is 20.7. The molecule has 0 radical (unpaired) electrons. The van der Waals surface area contributed by atoms with Crippen LogP contribution in [0.1, 0.15) is 37.7 Å². The predicted molar refractivity (Wildman–Crippen MR) is 108 cm³/mol. The van der Waals surface area contributed by atoms with Crippen molar-refractivity contribution in [3.8, 4) is 0 Å². The van der Waals surface area contributed by atoms with Crippen molar-refractivity contribution >= 4 is 11.8 Å². The number of nitrogens with zero attached hydrogens (tertiary/aromatic N) is 4. The second-order valence-corrected chi connectivity index (χ2v) is 8.17. The molecule has 3 rings (SSSR count). The lowest BCUT2D eigenvalue weighted by atomic mass is 9.92. The van der Waals surface area contributed by atoms with Gasteiger partial charge in [-0.05, 0) is 63.0 Å². The molecule has 154 valence electrons. The fraction of sp³-hybridized carbons (Fsp3) is 0.667. The van der Waals surface area contributed by atoms with Gasteiger partial charge in [0.2, 0.25) is 11.8 Å². The number of rotatable bonds is 7. The van der Waals surface area contributed by atoms with E-state index >= 15 is 0 Å². The fourth-order valence-corrected chi connectivity index (χ4v) is 4.43. The summed E-state index contributed by atoms with van der Waals surface area (Å²) in [4.78, 5) is 34.5. The summed E-state index contributed by atoms with van der Waals surface area (Å²) in [7, 11) is 1.78. The van der Waals surface area contributed by atoms with Gasteiger partial charge in [0.05, 0.1) is 5.92 Å². The van der Waals surface area contributed by atoms with Crippen LogP contribution in [-0.2, 0) is 16.1 Å². The molecule has 1 unspecified atom stereocenters. The van der Waals surface area contributed by atoms with E-state index in [1.165, 1.54) is 5.56 Å². The van der Waals surface area contributed by atoms with E-state index in [1.54, 1.807) is 11.9 Å². The molecular weight excluding hydrogens is 354 g/mol. The lowest BCUT2D eigenvalue weighted by Crippen LogP contribution is -2.51. The van der Waals surface area contributed by atoms with Gasteiger partial charge >= 0.3 is 0 Å². The molecule has 0 aliphatic carbocycles. The van der Waals surface area contributed by atoms with E-state index in [2.05, 4.69) is 26.9 Å². The van der Waals surface area contributed by atoms with Crippen LogP contribution in [0.15, 0.2) is 24.5 Å². The summed E-state index contributed by atoms with van der Waals surface area (Å²) in [5.41, 5.74) is 6.52. The monoisotopic (exact) mass is 387 g/mol. The third-order valence-electron chi connectivity index (χ3n) is 6.10. The van der Waals surface area contributed by atoms with Gasteiger partial charge in [0.25, 0.3) is 0 Å². The zero-order valence-corrected chi connectivity index (χ0v) is 16.9. The zero-order valence-electron chi connectivity index (χ0n) is 16.9. The lowest BCUT2D eigenvalue weighted by molar-refractivity contribution is -0.136. The normalized spacial score (nSPS) is 22.1. The van der Waals surface area contributed by atoms with E-state index in [-0.39, 0.29) is 24.2 Å². The molecule has 2 aliphatic rings. The first-order valence-corrected chi connectivity index (χ1v) is 10.4. The summed E-state index contributed by atoms with van der Waals surface area (Å²) in [5, 5.41) is 0. The molecule has 0 saturated carbocycles. The molecule has 28 heavy (non-hydrogen) atoms. The van der Waals surface area contributed by atoms with Crippen LogP contribution < -0.4 is 5.73 Å². The Morgan fingerprint density at radius 1 is 1.18 bits per heavy atom. The SMILES string of the molecule is CN(CCC(N)=O)C(=O)C1CCCN(C2CCN(Cc3ccncc3)CC2)C1. The number of carbonyl (C=O) groups excluding carboxylic acids is 2. The second-order valence-electron chi connectivity index (χ2n) is 8.17. The van der Waals surface area contributed by atoms with Crippen molar-refractivity contribution in [1.29, 1.82) is 0 Å². The molecule has 0 spiro atoms.